The van der Waals surface area contributed by atoms with Gasteiger partial charge in [0.25, 0.3) is 5.91 Å². The van der Waals surface area contributed by atoms with Gasteiger partial charge in [0.1, 0.15) is 10.3 Å². The summed E-state index contributed by atoms with van der Waals surface area (Å²) in [7, 11) is 0. The van der Waals surface area contributed by atoms with Gasteiger partial charge in [0.05, 0.1) is 29.7 Å². The first-order valence-corrected chi connectivity index (χ1v) is 12.2. The van der Waals surface area contributed by atoms with E-state index >= 15 is 0 Å². The van der Waals surface area contributed by atoms with Crippen LogP contribution in [0.15, 0.2) is 48.9 Å². The Balaban J connectivity index is 1.31. The second kappa shape index (κ2) is 8.07. The van der Waals surface area contributed by atoms with Crippen LogP contribution in [-0.2, 0) is 0 Å². The van der Waals surface area contributed by atoms with Crippen molar-refractivity contribution in [1.82, 2.24) is 29.9 Å². The third-order valence-electron chi connectivity index (χ3n) is 6.94. The number of benzene rings is 1. The van der Waals surface area contributed by atoms with E-state index in [1.165, 1.54) is 16.1 Å². The number of hydrogen-bond donors (Lipinski definition) is 1. The van der Waals surface area contributed by atoms with E-state index in [1.54, 1.807) is 36.8 Å². The van der Waals surface area contributed by atoms with Crippen LogP contribution in [0, 0.1) is 11.8 Å². The van der Waals surface area contributed by atoms with Gasteiger partial charge in [0.15, 0.2) is 5.13 Å². The van der Waals surface area contributed by atoms with Gasteiger partial charge in [-0.15, -0.1) is 0 Å². The molecule has 2 aliphatic heterocycles. The van der Waals surface area contributed by atoms with Crippen LogP contribution in [0.4, 0.5) is 5.13 Å². The zero-order valence-electron chi connectivity index (χ0n) is 17.9. The van der Waals surface area contributed by atoms with Crippen molar-refractivity contribution in [1.29, 1.82) is 0 Å². The molecule has 8 nitrogen and oxygen atoms in total. The first-order valence-electron chi connectivity index (χ1n) is 11.0. The van der Waals surface area contributed by atoms with Crippen molar-refractivity contribution in [3.05, 3.63) is 59.5 Å². The van der Waals surface area contributed by atoms with E-state index in [1.807, 2.05) is 12.1 Å². The summed E-state index contributed by atoms with van der Waals surface area (Å²) in [5.41, 5.74) is 2.03. The smallest absolute Gasteiger partial charge is 0.256 e. The van der Waals surface area contributed by atoms with Crippen LogP contribution >= 0.6 is 22.9 Å². The van der Waals surface area contributed by atoms with E-state index < -0.39 is 0 Å². The average Bonchev–Trinajstić information content (AvgIpc) is 3.46. The van der Waals surface area contributed by atoms with Crippen LogP contribution in [0.1, 0.15) is 30.1 Å². The second-order valence-electron chi connectivity index (χ2n) is 8.73. The normalized spacial score (nSPS) is 24.0. The Morgan fingerprint density at radius 3 is 2.82 bits per heavy atom. The van der Waals surface area contributed by atoms with Gasteiger partial charge >= 0.3 is 0 Å². The Hall–Kier alpha value is -3.04. The summed E-state index contributed by atoms with van der Waals surface area (Å²) in [5.74, 6) is 0.997. The maximum absolute atomic E-state index is 14.0. The van der Waals surface area contributed by atoms with Crippen LogP contribution in [0.5, 0.6) is 0 Å². The molecule has 0 unspecified atom stereocenters. The maximum atomic E-state index is 14.0. The number of carbonyl (C=O) groups is 1. The van der Waals surface area contributed by atoms with Crippen molar-refractivity contribution in [2.45, 2.75) is 31.8 Å². The van der Waals surface area contributed by atoms with Crippen molar-refractivity contribution in [3.8, 4) is 5.69 Å². The molecule has 1 aliphatic carbocycles. The van der Waals surface area contributed by atoms with Gasteiger partial charge in [0, 0.05) is 23.8 Å². The van der Waals surface area contributed by atoms with Crippen LogP contribution in [0.3, 0.4) is 0 Å². The molecular weight excluding hydrogens is 458 g/mol. The van der Waals surface area contributed by atoms with E-state index in [0.29, 0.717) is 34.7 Å². The molecule has 0 radical (unpaired) electrons. The molecule has 2 atom stereocenters. The van der Waals surface area contributed by atoms with Crippen LogP contribution in [-0.4, -0.2) is 54.4 Å². The molecular formula is C23H22ClN7OS. The lowest BCUT2D eigenvalue weighted by Gasteiger charge is -2.57. The van der Waals surface area contributed by atoms with E-state index in [0.717, 1.165) is 28.3 Å². The third kappa shape index (κ3) is 3.55. The molecule has 3 fully saturated rings. The summed E-state index contributed by atoms with van der Waals surface area (Å²) in [6, 6.07) is 9.42. The summed E-state index contributed by atoms with van der Waals surface area (Å²) in [6.45, 7) is 2.89. The molecule has 1 amide bonds. The lowest BCUT2D eigenvalue weighted by atomic mass is 9.64. The van der Waals surface area contributed by atoms with Crippen molar-refractivity contribution >= 4 is 44.3 Å². The number of piperidine rings is 2. The first-order chi connectivity index (χ1) is 16.1. The number of hydrogen-bond acceptors (Lipinski definition) is 7. The highest BCUT2D eigenvalue weighted by atomic mass is 35.5. The van der Waals surface area contributed by atoms with Gasteiger partial charge in [0.2, 0.25) is 0 Å². The van der Waals surface area contributed by atoms with Gasteiger partial charge in [-0.05, 0) is 55.0 Å². The maximum Gasteiger partial charge on any atom is 0.256 e. The molecule has 4 aromatic rings. The zero-order chi connectivity index (χ0) is 22.5. The minimum Gasteiger partial charge on any atom is -0.359 e. The van der Waals surface area contributed by atoms with E-state index in [-0.39, 0.29) is 18.0 Å². The molecule has 33 heavy (non-hydrogen) atoms. The topological polar surface area (TPSA) is 88.8 Å². The van der Waals surface area contributed by atoms with Gasteiger partial charge < -0.3 is 10.2 Å². The van der Waals surface area contributed by atoms with E-state index in [4.69, 9.17) is 11.6 Å². The summed E-state index contributed by atoms with van der Waals surface area (Å²) >= 11 is 7.84. The Kier molecular flexibility index (Phi) is 5.03. The molecule has 1 aromatic carbocycles. The molecule has 1 saturated carbocycles. The number of rotatable bonds is 5. The Morgan fingerprint density at radius 1 is 1.21 bits per heavy atom. The zero-order valence-corrected chi connectivity index (χ0v) is 19.5. The van der Waals surface area contributed by atoms with Crippen molar-refractivity contribution < 1.29 is 4.79 Å². The number of aromatic nitrogens is 5. The van der Waals surface area contributed by atoms with Gasteiger partial charge in [-0.1, -0.05) is 29.9 Å². The van der Waals surface area contributed by atoms with Crippen LogP contribution < -0.4 is 5.32 Å². The second-order valence-corrected chi connectivity index (χ2v) is 10.1. The van der Waals surface area contributed by atoms with Crippen molar-refractivity contribution in [2.24, 2.45) is 11.8 Å². The molecule has 2 bridgehead atoms. The average molecular weight is 480 g/mol. The predicted octanol–water partition coefficient (Wildman–Crippen LogP) is 4.28. The highest BCUT2D eigenvalue weighted by Gasteiger charge is 2.50. The molecule has 10 heteroatoms. The minimum absolute atomic E-state index is 0.0300. The predicted molar refractivity (Wildman–Crippen MR) is 128 cm³/mol. The van der Waals surface area contributed by atoms with Crippen molar-refractivity contribution in [3.63, 3.8) is 0 Å². The first kappa shape index (κ1) is 20.6. The number of amides is 1. The fourth-order valence-electron chi connectivity index (χ4n) is 5.10. The van der Waals surface area contributed by atoms with Gasteiger partial charge in [-0.25, -0.2) is 9.97 Å². The fourth-order valence-corrected chi connectivity index (χ4v) is 6.08. The molecule has 3 aliphatic rings. The lowest BCUT2D eigenvalue weighted by molar-refractivity contribution is -0.0502. The minimum atomic E-state index is -0.0300. The number of fused-ring (bicyclic) bond motifs is 3. The van der Waals surface area contributed by atoms with E-state index in [2.05, 4.69) is 37.3 Å². The number of nitrogens with one attached hydrogen (secondary N) is 1. The number of nitrogens with zero attached hydrogens (tertiary/aromatic N) is 6. The number of anilines is 1. The Labute approximate surface area is 199 Å². The highest BCUT2D eigenvalue weighted by molar-refractivity contribution is 7.21. The fraction of sp³-hybridized carbons (Fsp3) is 0.348. The number of carbonyl (C=O) groups excluding carboxylic acids is 1. The Bertz CT molecular complexity index is 1280. The summed E-state index contributed by atoms with van der Waals surface area (Å²) in [5, 5.41) is 13.3. The standard InChI is InChI=1S/C23H22ClN7OS/c1-13-14-9-16(10-14)30(20(13)12-26-23-29-18-3-2-6-25-21(18)33-23)22(32)17-11-15(24)4-5-19(17)31-27-7-8-28-31/h2-8,11,13-14,16,20H,9-10,12H2,1H3,(H,26,29)/t13-,14?,16?,20-/m1/s1. The van der Waals surface area contributed by atoms with Gasteiger partial charge in [-0.3, -0.25) is 4.79 Å². The SMILES string of the molecule is C[C@@H]1C2CC(C2)N(C(=O)c2cc(Cl)ccc2-n2nccn2)[C@@H]1CNc1nc2cccnc2s1. The third-order valence-corrected chi connectivity index (χ3v) is 8.11. The molecule has 5 heterocycles. The molecule has 1 N–H and O–H groups in total. The largest absolute Gasteiger partial charge is 0.359 e. The summed E-state index contributed by atoms with van der Waals surface area (Å²) in [6.07, 6.45) is 7.07. The molecule has 2 saturated heterocycles. The van der Waals surface area contributed by atoms with Crippen LogP contribution in [0.2, 0.25) is 5.02 Å². The number of pyridine rings is 1. The quantitative estimate of drug-likeness (QED) is 0.459. The lowest BCUT2D eigenvalue weighted by Crippen LogP contribution is -2.64. The van der Waals surface area contributed by atoms with Crippen molar-refractivity contribution in [2.75, 3.05) is 11.9 Å². The molecule has 168 valence electrons. The Morgan fingerprint density at radius 2 is 2.03 bits per heavy atom. The summed E-state index contributed by atoms with van der Waals surface area (Å²) in [4.78, 5) is 27.4. The number of thiazole rings is 1. The van der Waals surface area contributed by atoms with Crippen LogP contribution in [0.25, 0.3) is 16.0 Å². The monoisotopic (exact) mass is 479 g/mol. The van der Waals surface area contributed by atoms with E-state index in [9.17, 15) is 4.79 Å². The number of halogens is 1. The summed E-state index contributed by atoms with van der Waals surface area (Å²) < 4.78 is 0. The molecule has 3 aromatic heterocycles. The molecule has 7 rings (SSSR count). The highest BCUT2D eigenvalue weighted by Crippen LogP contribution is 2.47. The van der Waals surface area contributed by atoms with Gasteiger partial charge in [-0.2, -0.15) is 15.0 Å². The molecule has 0 spiro atoms.